The van der Waals surface area contributed by atoms with Crippen LogP contribution in [0, 0.1) is 6.92 Å². The van der Waals surface area contributed by atoms with Gasteiger partial charge in [-0.05, 0) is 55.6 Å². The topological polar surface area (TPSA) is 63.4 Å². The number of hydrogen-bond acceptors (Lipinski definition) is 6. The van der Waals surface area contributed by atoms with Gasteiger partial charge in [0.05, 0.1) is 19.2 Å². The highest BCUT2D eigenvalue weighted by Gasteiger charge is 2.22. The highest BCUT2D eigenvalue weighted by atomic mass is 32.2. The fourth-order valence-electron chi connectivity index (χ4n) is 3.84. The second kappa shape index (κ2) is 10.3. The van der Waals surface area contributed by atoms with Crippen LogP contribution in [0.5, 0.6) is 5.75 Å². The van der Waals surface area contributed by atoms with Crippen LogP contribution in [0.2, 0.25) is 0 Å². The maximum absolute atomic E-state index is 9.50. The molecule has 0 amide bonds. The van der Waals surface area contributed by atoms with Gasteiger partial charge < -0.3 is 14.4 Å². The zero-order valence-corrected chi connectivity index (χ0v) is 19.0. The zero-order valence-electron chi connectivity index (χ0n) is 18.2. The summed E-state index contributed by atoms with van der Waals surface area (Å²) < 4.78 is 8.15. The van der Waals surface area contributed by atoms with Crippen molar-refractivity contribution in [1.82, 2.24) is 19.7 Å². The van der Waals surface area contributed by atoms with Gasteiger partial charge in [-0.25, -0.2) is 0 Å². The number of thioether (sulfide) groups is 1. The summed E-state index contributed by atoms with van der Waals surface area (Å²) in [6.45, 7) is 5.26. The number of nitrogens with zero attached hydrogens (tertiary/aromatic N) is 4. The summed E-state index contributed by atoms with van der Waals surface area (Å²) in [6, 6.07) is 15.8. The van der Waals surface area contributed by atoms with Gasteiger partial charge in [-0.2, -0.15) is 0 Å². The van der Waals surface area contributed by atoms with Crippen molar-refractivity contribution in [2.75, 3.05) is 13.7 Å². The van der Waals surface area contributed by atoms with E-state index in [1.807, 2.05) is 12.1 Å². The molecule has 1 N–H and O–H groups in total. The van der Waals surface area contributed by atoms with E-state index in [-0.39, 0.29) is 11.9 Å². The predicted molar refractivity (Wildman–Crippen MR) is 123 cm³/mol. The number of aryl methyl sites for hydroxylation is 1. The Labute approximate surface area is 188 Å². The van der Waals surface area contributed by atoms with E-state index < -0.39 is 0 Å². The first-order chi connectivity index (χ1) is 15.1. The van der Waals surface area contributed by atoms with Crippen LogP contribution in [0.4, 0.5) is 0 Å². The quantitative estimate of drug-likeness (QED) is 0.500. The highest BCUT2D eigenvalue weighted by molar-refractivity contribution is 7.98. The molecule has 1 aliphatic rings. The first-order valence-electron chi connectivity index (χ1n) is 10.8. The molecule has 31 heavy (non-hydrogen) atoms. The molecule has 6 nitrogen and oxygen atoms in total. The average Bonchev–Trinajstić information content (AvgIpc) is 3.40. The minimum atomic E-state index is 0.231. The van der Waals surface area contributed by atoms with Crippen LogP contribution in [-0.2, 0) is 30.1 Å². The first-order valence-corrected chi connectivity index (χ1v) is 11.7. The van der Waals surface area contributed by atoms with Crippen molar-refractivity contribution in [1.29, 1.82) is 0 Å². The maximum Gasteiger partial charge on any atom is 0.191 e. The molecule has 0 spiro atoms. The second-order valence-corrected chi connectivity index (χ2v) is 9.14. The number of phenolic OH excluding ortho intramolecular Hbond substituents is 1. The molecule has 1 saturated heterocycles. The molecular weight excluding hydrogens is 408 g/mol. The number of phenols is 1. The SMILES string of the molecule is Cc1ccccc1CSc1nnc(CN(C)Cc2ccc(O)cc2)n1C[C@H]1CCCO1. The van der Waals surface area contributed by atoms with Crippen molar-refractivity contribution in [3.63, 3.8) is 0 Å². The van der Waals surface area contributed by atoms with Gasteiger partial charge >= 0.3 is 0 Å². The lowest BCUT2D eigenvalue weighted by atomic mass is 10.1. The number of benzene rings is 2. The molecule has 3 aromatic rings. The highest BCUT2D eigenvalue weighted by Crippen LogP contribution is 2.26. The van der Waals surface area contributed by atoms with Crippen LogP contribution in [-0.4, -0.2) is 44.5 Å². The van der Waals surface area contributed by atoms with Crippen LogP contribution in [0.1, 0.15) is 35.4 Å². The maximum atomic E-state index is 9.50. The van der Waals surface area contributed by atoms with E-state index in [0.29, 0.717) is 6.54 Å². The van der Waals surface area contributed by atoms with Gasteiger partial charge in [0, 0.05) is 18.9 Å². The fraction of sp³-hybridized carbons (Fsp3) is 0.417. The Morgan fingerprint density at radius 1 is 1.13 bits per heavy atom. The van der Waals surface area contributed by atoms with Gasteiger partial charge in [0.25, 0.3) is 0 Å². The largest absolute Gasteiger partial charge is 0.508 e. The van der Waals surface area contributed by atoms with Crippen LogP contribution in [0.25, 0.3) is 0 Å². The van der Waals surface area contributed by atoms with E-state index in [1.165, 1.54) is 11.1 Å². The van der Waals surface area contributed by atoms with Gasteiger partial charge in [0.1, 0.15) is 11.6 Å². The van der Waals surface area contributed by atoms with Gasteiger partial charge in [0.2, 0.25) is 0 Å². The fourth-order valence-corrected chi connectivity index (χ4v) is 4.89. The summed E-state index contributed by atoms with van der Waals surface area (Å²) in [5, 5.41) is 19.5. The van der Waals surface area contributed by atoms with E-state index >= 15 is 0 Å². The molecule has 1 aromatic heterocycles. The molecule has 0 bridgehead atoms. The number of aromatic nitrogens is 3. The van der Waals surface area contributed by atoms with Gasteiger partial charge in [-0.1, -0.05) is 48.2 Å². The Balaban J connectivity index is 1.47. The van der Waals surface area contributed by atoms with Crippen molar-refractivity contribution in [2.45, 2.75) is 56.4 Å². The van der Waals surface area contributed by atoms with E-state index in [9.17, 15) is 5.11 Å². The van der Waals surface area contributed by atoms with E-state index in [1.54, 1.807) is 23.9 Å². The minimum Gasteiger partial charge on any atom is -0.508 e. The second-order valence-electron chi connectivity index (χ2n) is 8.20. The molecule has 0 unspecified atom stereocenters. The molecule has 4 rings (SSSR count). The monoisotopic (exact) mass is 438 g/mol. The van der Waals surface area contributed by atoms with Crippen LogP contribution < -0.4 is 0 Å². The van der Waals surface area contributed by atoms with Crippen LogP contribution in [0.3, 0.4) is 0 Å². The first kappa shape index (κ1) is 21.9. The molecule has 164 valence electrons. The van der Waals surface area contributed by atoms with E-state index in [2.05, 4.69) is 57.9 Å². The normalized spacial score (nSPS) is 16.3. The molecule has 2 heterocycles. The Kier molecular flexibility index (Phi) is 7.27. The zero-order chi connectivity index (χ0) is 21.6. The molecule has 1 fully saturated rings. The van der Waals surface area contributed by atoms with Crippen LogP contribution in [0.15, 0.2) is 53.7 Å². The summed E-state index contributed by atoms with van der Waals surface area (Å²) in [5.41, 5.74) is 3.78. The Hall–Kier alpha value is -2.35. The third-order valence-electron chi connectivity index (χ3n) is 5.62. The third-order valence-corrected chi connectivity index (χ3v) is 6.64. The van der Waals surface area contributed by atoms with Crippen LogP contribution >= 0.6 is 11.8 Å². The minimum absolute atomic E-state index is 0.231. The van der Waals surface area contributed by atoms with Crippen molar-refractivity contribution >= 4 is 11.8 Å². The molecule has 0 saturated carbocycles. The summed E-state index contributed by atoms with van der Waals surface area (Å²) in [5.74, 6) is 2.13. The number of aromatic hydroxyl groups is 1. The van der Waals surface area contributed by atoms with Gasteiger partial charge in [0.15, 0.2) is 5.16 Å². The van der Waals surface area contributed by atoms with Crippen molar-refractivity contribution in [3.8, 4) is 5.75 Å². The standard InChI is InChI=1S/C24H30N4O2S/c1-18-6-3-4-7-20(18)17-31-24-26-25-23(28(24)15-22-8-5-13-30-22)16-27(2)14-19-9-11-21(29)12-10-19/h3-4,6-7,9-12,22,29H,5,8,13-17H2,1-2H3/t22-/m1/s1. The average molecular weight is 439 g/mol. The van der Waals surface area contributed by atoms with Gasteiger partial charge in [-0.3, -0.25) is 4.90 Å². The van der Waals surface area contributed by atoms with Crippen molar-refractivity contribution < 1.29 is 9.84 Å². The lowest BCUT2D eigenvalue weighted by molar-refractivity contribution is 0.0934. The molecule has 2 aromatic carbocycles. The summed E-state index contributed by atoms with van der Waals surface area (Å²) in [6.07, 6.45) is 2.44. The molecule has 0 radical (unpaired) electrons. The Morgan fingerprint density at radius 2 is 1.94 bits per heavy atom. The molecule has 1 atom stereocenters. The lowest BCUT2D eigenvalue weighted by Gasteiger charge is -2.19. The van der Waals surface area contributed by atoms with Crippen molar-refractivity contribution in [3.05, 3.63) is 71.0 Å². The molecule has 0 aliphatic carbocycles. The number of hydrogen-bond donors (Lipinski definition) is 1. The molecule has 1 aliphatic heterocycles. The summed E-state index contributed by atoms with van der Waals surface area (Å²) in [4.78, 5) is 2.22. The Morgan fingerprint density at radius 3 is 2.68 bits per heavy atom. The van der Waals surface area contributed by atoms with Gasteiger partial charge in [-0.15, -0.1) is 10.2 Å². The van der Waals surface area contributed by atoms with E-state index in [0.717, 1.165) is 54.8 Å². The number of rotatable bonds is 9. The molecule has 7 heteroatoms. The predicted octanol–water partition coefficient (Wildman–Crippen LogP) is 4.40. The van der Waals surface area contributed by atoms with Crippen molar-refractivity contribution in [2.24, 2.45) is 0 Å². The summed E-state index contributed by atoms with van der Waals surface area (Å²) in [7, 11) is 2.08. The Bertz CT molecular complexity index is 983. The number of ether oxygens (including phenoxy) is 1. The molecular formula is C24H30N4O2S. The third kappa shape index (κ3) is 5.87. The smallest absolute Gasteiger partial charge is 0.191 e. The lowest BCUT2D eigenvalue weighted by Crippen LogP contribution is -2.23. The summed E-state index contributed by atoms with van der Waals surface area (Å²) >= 11 is 1.74. The van der Waals surface area contributed by atoms with E-state index in [4.69, 9.17) is 4.74 Å².